The number of rotatable bonds is 30. The summed E-state index contributed by atoms with van der Waals surface area (Å²) in [4.78, 5) is 0. The van der Waals surface area contributed by atoms with Crippen LogP contribution in [0.15, 0.2) is 0 Å². The first-order valence-electron chi connectivity index (χ1n) is 11.7. The van der Waals surface area contributed by atoms with Gasteiger partial charge in [0.05, 0.1) is 119 Å². The van der Waals surface area contributed by atoms with E-state index in [1.807, 2.05) is 0 Å². The molecule has 0 bridgehead atoms. The first kappa shape index (κ1) is 32.6. The molecule has 0 aromatic carbocycles. The van der Waals surface area contributed by atoms with Crippen molar-refractivity contribution < 1.29 is 52.5 Å². The monoisotopic (exact) mass is 486 g/mol. The minimum Gasteiger partial charge on any atom is -0.394 e. The quantitative estimate of drug-likeness (QED) is 0.140. The molecule has 0 unspecified atom stereocenters. The zero-order valence-corrected chi connectivity index (χ0v) is 20.4. The maximum absolute atomic E-state index is 8.54. The molecule has 0 heterocycles. The van der Waals surface area contributed by atoms with Crippen LogP contribution in [-0.4, -0.2) is 144 Å². The van der Waals surface area contributed by atoms with Crippen molar-refractivity contribution in [2.75, 3.05) is 139 Å². The Bertz CT molecular complexity index is 307. The highest BCUT2D eigenvalue weighted by Crippen LogP contribution is 1.87. The molecule has 0 aliphatic rings. The fourth-order valence-electron chi connectivity index (χ4n) is 2.23. The molecular formula is C22H46O11. The van der Waals surface area contributed by atoms with Gasteiger partial charge in [0.2, 0.25) is 0 Å². The van der Waals surface area contributed by atoms with Crippen LogP contribution in [0.25, 0.3) is 0 Å². The van der Waals surface area contributed by atoms with Crippen LogP contribution in [0.5, 0.6) is 0 Å². The van der Waals surface area contributed by atoms with E-state index in [0.29, 0.717) is 119 Å². The second-order valence-corrected chi connectivity index (χ2v) is 6.58. The van der Waals surface area contributed by atoms with E-state index in [0.717, 1.165) is 13.0 Å². The van der Waals surface area contributed by atoms with Crippen molar-refractivity contribution in [1.29, 1.82) is 0 Å². The predicted molar refractivity (Wildman–Crippen MR) is 121 cm³/mol. The molecule has 11 heteroatoms. The van der Waals surface area contributed by atoms with Crippen LogP contribution >= 0.6 is 0 Å². The minimum atomic E-state index is 0.0303. The third-order valence-electron chi connectivity index (χ3n) is 3.85. The van der Waals surface area contributed by atoms with Gasteiger partial charge in [-0.25, -0.2) is 0 Å². The summed E-state index contributed by atoms with van der Waals surface area (Å²) < 4.78 is 53.2. The van der Waals surface area contributed by atoms with E-state index < -0.39 is 0 Å². The molecule has 0 atom stereocenters. The van der Waals surface area contributed by atoms with Crippen molar-refractivity contribution in [3.63, 3.8) is 0 Å². The zero-order valence-electron chi connectivity index (χ0n) is 20.4. The number of hydrogen-bond donors (Lipinski definition) is 1. The smallest absolute Gasteiger partial charge is 0.0701 e. The molecule has 11 nitrogen and oxygen atoms in total. The normalized spacial score (nSPS) is 11.5. The first-order valence-corrected chi connectivity index (χ1v) is 11.7. The molecular weight excluding hydrogens is 440 g/mol. The topological polar surface area (TPSA) is 113 Å². The highest BCUT2D eigenvalue weighted by Gasteiger charge is 1.95. The fourth-order valence-corrected chi connectivity index (χ4v) is 2.23. The van der Waals surface area contributed by atoms with E-state index in [4.69, 9.17) is 52.5 Å². The fraction of sp³-hybridized carbons (Fsp3) is 1.00. The molecule has 0 saturated carbocycles. The Morgan fingerprint density at radius 2 is 0.576 bits per heavy atom. The Hall–Kier alpha value is -0.440. The molecule has 0 aliphatic carbocycles. The molecule has 0 radical (unpaired) electrons. The number of aliphatic hydroxyl groups is 1. The van der Waals surface area contributed by atoms with Gasteiger partial charge in [0.1, 0.15) is 0 Å². The number of hydrogen-bond acceptors (Lipinski definition) is 11. The largest absolute Gasteiger partial charge is 0.394 e. The lowest BCUT2D eigenvalue weighted by Gasteiger charge is -2.08. The lowest BCUT2D eigenvalue weighted by atomic mass is 10.5. The van der Waals surface area contributed by atoms with Crippen molar-refractivity contribution in [3.8, 4) is 0 Å². The number of ether oxygens (including phenoxy) is 10. The highest BCUT2D eigenvalue weighted by atomic mass is 16.6. The number of methoxy groups -OCH3 is 1. The van der Waals surface area contributed by atoms with Gasteiger partial charge in [-0.15, -0.1) is 0 Å². The molecule has 1 N–H and O–H groups in total. The Morgan fingerprint density at radius 3 is 0.818 bits per heavy atom. The molecule has 0 amide bonds. The molecule has 0 fully saturated rings. The minimum absolute atomic E-state index is 0.0303. The SMILES string of the molecule is COCCCOCCOCCOCCOCCOCCOCCOCCOCCOCCO. The van der Waals surface area contributed by atoms with Crippen molar-refractivity contribution in [2.45, 2.75) is 6.42 Å². The molecule has 0 saturated heterocycles. The summed E-state index contributed by atoms with van der Waals surface area (Å²) in [5.41, 5.74) is 0. The van der Waals surface area contributed by atoms with Crippen LogP contribution in [0.1, 0.15) is 6.42 Å². The van der Waals surface area contributed by atoms with Gasteiger partial charge in [-0.3, -0.25) is 0 Å². The van der Waals surface area contributed by atoms with E-state index in [-0.39, 0.29) is 6.61 Å². The Balaban J connectivity index is 2.99. The average Bonchev–Trinajstić information content (AvgIpc) is 2.83. The van der Waals surface area contributed by atoms with Gasteiger partial charge in [-0.2, -0.15) is 0 Å². The van der Waals surface area contributed by atoms with Gasteiger partial charge in [0.25, 0.3) is 0 Å². The second kappa shape index (κ2) is 31.6. The van der Waals surface area contributed by atoms with Gasteiger partial charge in [0, 0.05) is 20.3 Å². The molecule has 0 rings (SSSR count). The molecule has 33 heavy (non-hydrogen) atoms. The van der Waals surface area contributed by atoms with Gasteiger partial charge in [0.15, 0.2) is 0 Å². The third kappa shape index (κ3) is 31.6. The van der Waals surface area contributed by atoms with Crippen LogP contribution in [-0.2, 0) is 47.4 Å². The Morgan fingerprint density at radius 1 is 0.333 bits per heavy atom. The molecule has 0 spiro atoms. The summed E-state index contributed by atoms with van der Waals surface area (Å²) in [7, 11) is 1.68. The number of aliphatic hydroxyl groups excluding tert-OH is 1. The highest BCUT2D eigenvalue weighted by molar-refractivity contribution is 4.38. The van der Waals surface area contributed by atoms with E-state index in [2.05, 4.69) is 0 Å². The summed E-state index contributed by atoms with van der Waals surface area (Å²) in [6.45, 7) is 10.2. The average molecular weight is 487 g/mol. The van der Waals surface area contributed by atoms with Crippen molar-refractivity contribution in [2.24, 2.45) is 0 Å². The van der Waals surface area contributed by atoms with Crippen LogP contribution in [0.4, 0.5) is 0 Å². The van der Waals surface area contributed by atoms with E-state index in [1.165, 1.54) is 0 Å². The molecule has 200 valence electrons. The first-order chi connectivity index (χ1) is 16.4. The molecule has 0 aliphatic heterocycles. The van der Waals surface area contributed by atoms with Crippen molar-refractivity contribution in [3.05, 3.63) is 0 Å². The van der Waals surface area contributed by atoms with Crippen LogP contribution in [0, 0.1) is 0 Å². The Labute approximate surface area is 198 Å². The van der Waals surface area contributed by atoms with E-state index in [9.17, 15) is 0 Å². The van der Waals surface area contributed by atoms with Gasteiger partial charge in [-0.1, -0.05) is 0 Å². The Kier molecular flexibility index (Phi) is 31.1. The van der Waals surface area contributed by atoms with Gasteiger partial charge >= 0.3 is 0 Å². The predicted octanol–water partition coefficient (Wildman–Crippen LogP) is 0.165. The van der Waals surface area contributed by atoms with Gasteiger partial charge in [-0.05, 0) is 6.42 Å². The van der Waals surface area contributed by atoms with E-state index in [1.54, 1.807) is 7.11 Å². The molecule has 0 aromatic heterocycles. The summed E-state index contributed by atoms with van der Waals surface area (Å²) in [6.07, 6.45) is 0.899. The maximum atomic E-state index is 8.54. The standard InChI is InChI=1S/C22H46O11/c1-24-4-2-5-25-7-9-27-11-13-29-15-17-31-19-21-33-22-20-32-18-16-30-14-12-28-10-8-26-6-3-23/h23H,2-22H2,1H3. The molecule has 0 aromatic rings. The van der Waals surface area contributed by atoms with Crippen molar-refractivity contribution >= 4 is 0 Å². The third-order valence-corrected chi connectivity index (χ3v) is 3.85. The summed E-state index contributed by atoms with van der Waals surface area (Å²) in [5.74, 6) is 0. The zero-order chi connectivity index (χ0) is 23.9. The second-order valence-electron chi connectivity index (χ2n) is 6.58. The summed E-state index contributed by atoms with van der Waals surface area (Å²) >= 11 is 0. The van der Waals surface area contributed by atoms with Gasteiger partial charge < -0.3 is 52.5 Å². The van der Waals surface area contributed by atoms with Crippen LogP contribution < -0.4 is 0 Å². The maximum Gasteiger partial charge on any atom is 0.0701 e. The van der Waals surface area contributed by atoms with Crippen LogP contribution in [0.2, 0.25) is 0 Å². The summed E-state index contributed by atoms with van der Waals surface area (Å²) in [6, 6.07) is 0. The van der Waals surface area contributed by atoms with Crippen LogP contribution in [0.3, 0.4) is 0 Å². The lowest BCUT2D eigenvalue weighted by molar-refractivity contribution is -0.0257. The lowest BCUT2D eigenvalue weighted by Crippen LogP contribution is -2.15. The summed E-state index contributed by atoms with van der Waals surface area (Å²) in [5, 5.41) is 8.54. The van der Waals surface area contributed by atoms with Crippen molar-refractivity contribution in [1.82, 2.24) is 0 Å². The van der Waals surface area contributed by atoms with E-state index >= 15 is 0 Å².